The van der Waals surface area contributed by atoms with Crippen molar-refractivity contribution in [3.8, 4) is 0 Å². The van der Waals surface area contributed by atoms with E-state index >= 15 is 0 Å². The first-order chi connectivity index (χ1) is 10.3. The minimum Gasteiger partial charge on any atom is -0.444 e. The van der Waals surface area contributed by atoms with Gasteiger partial charge in [-0.15, -0.1) is 0 Å². The van der Waals surface area contributed by atoms with E-state index in [2.05, 4.69) is 17.5 Å². The van der Waals surface area contributed by atoms with Crippen LogP contribution in [0.1, 0.15) is 47.0 Å². The van der Waals surface area contributed by atoms with Gasteiger partial charge in [0.2, 0.25) is 0 Å². The molecule has 0 heterocycles. The molecule has 2 unspecified atom stereocenters. The normalized spacial score (nSPS) is 19.8. The molecular formula is C17H32N2O3. The van der Waals surface area contributed by atoms with Gasteiger partial charge in [0.25, 0.3) is 0 Å². The van der Waals surface area contributed by atoms with Crippen molar-refractivity contribution >= 4 is 6.09 Å². The fourth-order valence-electron chi connectivity index (χ4n) is 2.46. The van der Waals surface area contributed by atoms with Crippen LogP contribution in [0.5, 0.6) is 0 Å². The monoisotopic (exact) mass is 312 g/mol. The Balaban J connectivity index is 2.34. The molecule has 1 amide bonds. The van der Waals surface area contributed by atoms with Crippen LogP contribution in [0.2, 0.25) is 0 Å². The molecule has 128 valence electrons. The van der Waals surface area contributed by atoms with Crippen molar-refractivity contribution in [3.63, 3.8) is 0 Å². The number of carbonyl (C=O) groups excluding carboxylic acids is 1. The fraction of sp³-hybridized carbons (Fsp3) is 0.824. The molecule has 0 spiro atoms. The number of amides is 1. The predicted octanol–water partition coefficient (Wildman–Crippen LogP) is 2.55. The van der Waals surface area contributed by atoms with E-state index in [4.69, 9.17) is 4.74 Å². The number of carbonyl (C=O) groups is 1. The van der Waals surface area contributed by atoms with Gasteiger partial charge in [0.15, 0.2) is 0 Å². The van der Waals surface area contributed by atoms with Gasteiger partial charge in [-0.25, -0.2) is 4.79 Å². The number of ether oxygens (including phenoxy) is 1. The maximum absolute atomic E-state index is 12.1. The van der Waals surface area contributed by atoms with Crippen molar-refractivity contribution in [3.05, 3.63) is 12.2 Å². The van der Waals surface area contributed by atoms with Gasteiger partial charge >= 0.3 is 6.09 Å². The largest absolute Gasteiger partial charge is 0.444 e. The van der Waals surface area contributed by atoms with Crippen molar-refractivity contribution < 1.29 is 14.6 Å². The standard InChI is InChI=1S/C17H32N2O3/c1-14(20)13-19(16(21)22-17(2,3)4)11-10-18-12-15-8-6-5-7-9-15/h5-6,14-15,18,20H,7-13H2,1-4H3. The number of hydrogen-bond donors (Lipinski definition) is 2. The highest BCUT2D eigenvalue weighted by atomic mass is 16.6. The molecule has 0 aromatic carbocycles. The highest BCUT2D eigenvalue weighted by Gasteiger charge is 2.22. The smallest absolute Gasteiger partial charge is 0.410 e. The summed E-state index contributed by atoms with van der Waals surface area (Å²) in [5.74, 6) is 0.691. The molecule has 0 aromatic heterocycles. The molecule has 0 saturated heterocycles. The Morgan fingerprint density at radius 3 is 2.73 bits per heavy atom. The van der Waals surface area contributed by atoms with Gasteiger partial charge in [-0.1, -0.05) is 12.2 Å². The first-order valence-electron chi connectivity index (χ1n) is 8.29. The van der Waals surface area contributed by atoms with E-state index in [1.54, 1.807) is 11.8 Å². The first kappa shape index (κ1) is 19.0. The summed E-state index contributed by atoms with van der Waals surface area (Å²) >= 11 is 0. The summed E-state index contributed by atoms with van der Waals surface area (Å²) in [6.07, 6.45) is 7.09. The Kier molecular flexibility index (Phi) is 7.90. The summed E-state index contributed by atoms with van der Waals surface area (Å²) in [7, 11) is 0. The van der Waals surface area contributed by atoms with Gasteiger partial charge in [-0.2, -0.15) is 0 Å². The fourth-order valence-corrected chi connectivity index (χ4v) is 2.46. The molecule has 1 aliphatic carbocycles. The predicted molar refractivity (Wildman–Crippen MR) is 88.8 cm³/mol. The van der Waals surface area contributed by atoms with Crippen molar-refractivity contribution in [2.24, 2.45) is 5.92 Å². The van der Waals surface area contributed by atoms with Gasteiger partial charge in [0.1, 0.15) is 5.60 Å². The lowest BCUT2D eigenvalue weighted by molar-refractivity contribution is 0.0164. The van der Waals surface area contributed by atoms with Crippen LogP contribution < -0.4 is 5.32 Å². The second kappa shape index (κ2) is 9.16. The highest BCUT2D eigenvalue weighted by molar-refractivity contribution is 5.68. The number of nitrogens with one attached hydrogen (secondary N) is 1. The van der Waals surface area contributed by atoms with Crippen molar-refractivity contribution in [1.82, 2.24) is 10.2 Å². The van der Waals surface area contributed by atoms with E-state index < -0.39 is 11.7 Å². The van der Waals surface area contributed by atoms with Gasteiger partial charge < -0.3 is 20.1 Å². The Morgan fingerprint density at radius 1 is 1.45 bits per heavy atom. The lowest BCUT2D eigenvalue weighted by Gasteiger charge is -2.28. The Labute approximate surface area is 134 Å². The Bertz CT molecular complexity index is 361. The van der Waals surface area contributed by atoms with Crippen LogP contribution in [0.4, 0.5) is 4.79 Å². The summed E-state index contributed by atoms with van der Waals surface area (Å²) in [6, 6.07) is 0. The second-order valence-electron chi connectivity index (χ2n) is 7.13. The number of rotatable bonds is 7. The average Bonchev–Trinajstić information content (AvgIpc) is 2.41. The minimum atomic E-state index is -0.559. The third-order valence-electron chi connectivity index (χ3n) is 3.51. The van der Waals surface area contributed by atoms with Crippen LogP contribution >= 0.6 is 0 Å². The maximum Gasteiger partial charge on any atom is 0.410 e. The number of aliphatic hydroxyl groups is 1. The zero-order chi connectivity index (χ0) is 16.6. The van der Waals surface area contributed by atoms with E-state index in [9.17, 15) is 9.90 Å². The van der Waals surface area contributed by atoms with Crippen LogP contribution in [0.25, 0.3) is 0 Å². The van der Waals surface area contributed by atoms with E-state index in [0.29, 0.717) is 25.6 Å². The molecule has 0 fully saturated rings. The van der Waals surface area contributed by atoms with E-state index in [1.807, 2.05) is 20.8 Å². The summed E-state index contributed by atoms with van der Waals surface area (Å²) in [4.78, 5) is 13.7. The lowest BCUT2D eigenvalue weighted by Crippen LogP contribution is -2.44. The van der Waals surface area contributed by atoms with Crippen LogP contribution in [0.15, 0.2) is 12.2 Å². The second-order valence-corrected chi connectivity index (χ2v) is 7.13. The van der Waals surface area contributed by atoms with Crippen molar-refractivity contribution in [2.75, 3.05) is 26.2 Å². The van der Waals surface area contributed by atoms with Gasteiger partial charge in [-0.05, 0) is 59.4 Å². The zero-order valence-electron chi connectivity index (χ0n) is 14.5. The first-order valence-corrected chi connectivity index (χ1v) is 8.29. The molecule has 1 rings (SSSR count). The summed E-state index contributed by atoms with van der Waals surface area (Å²) < 4.78 is 5.39. The molecule has 22 heavy (non-hydrogen) atoms. The third-order valence-corrected chi connectivity index (χ3v) is 3.51. The molecule has 0 radical (unpaired) electrons. The van der Waals surface area contributed by atoms with Crippen LogP contribution in [-0.4, -0.2) is 54.0 Å². The maximum atomic E-state index is 12.1. The van der Waals surface area contributed by atoms with E-state index in [-0.39, 0.29) is 6.09 Å². The number of allylic oxidation sites excluding steroid dienone is 2. The molecular weight excluding hydrogens is 280 g/mol. The van der Waals surface area contributed by atoms with E-state index in [0.717, 1.165) is 13.0 Å². The summed E-state index contributed by atoms with van der Waals surface area (Å²) in [5, 5.41) is 13.0. The summed E-state index contributed by atoms with van der Waals surface area (Å²) in [5.41, 5.74) is -0.518. The number of aliphatic hydroxyl groups excluding tert-OH is 1. The van der Waals surface area contributed by atoms with E-state index in [1.165, 1.54) is 12.8 Å². The average molecular weight is 312 g/mol. The topological polar surface area (TPSA) is 61.8 Å². The molecule has 0 saturated carbocycles. The number of nitrogens with zero attached hydrogens (tertiary/aromatic N) is 1. The molecule has 0 bridgehead atoms. The SMILES string of the molecule is CC(O)CN(CCNCC1CC=CCC1)C(=O)OC(C)(C)C. The molecule has 2 N–H and O–H groups in total. The van der Waals surface area contributed by atoms with Gasteiger partial charge in [0.05, 0.1) is 6.10 Å². The van der Waals surface area contributed by atoms with Gasteiger partial charge in [-0.3, -0.25) is 0 Å². The minimum absolute atomic E-state index is 0.294. The van der Waals surface area contributed by atoms with Crippen LogP contribution in [0, 0.1) is 5.92 Å². The van der Waals surface area contributed by atoms with Crippen LogP contribution in [-0.2, 0) is 4.74 Å². The molecule has 5 nitrogen and oxygen atoms in total. The number of hydrogen-bond acceptors (Lipinski definition) is 4. The van der Waals surface area contributed by atoms with Crippen molar-refractivity contribution in [2.45, 2.75) is 58.7 Å². The quantitative estimate of drug-likeness (QED) is 0.560. The molecule has 0 aromatic rings. The molecule has 0 aliphatic heterocycles. The highest BCUT2D eigenvalue weighted by Crippen LogP contribution is 2.16. The zero-order valence-corrected chi connectivity index (χ0v) is 14.5. The molecule has 5 heteroatoms. The molecule has 2 atom stereocenters. The third kappa shape index (κ3) is 8.39. The van der Waals surface area contributed by atoms with Crippen molar-refractivity contribution in [1.29, 1.82) is 0 Å². The van der Waals surface area contributed by atoms with Crippen LogP contribution in [0.3, 0.4) is 0 Å². The van der Waals surface area contributed by atoms with Gasteiger partial charge in [0, 0.05) is 19.6 Å². The Morgan fingerprint density at radius 2 is 2.18 bits per heavy atom. The molecule has 1 aliphatic rings. The Hall–Kier alpha value is -1.07. The summed E-state index contributed by atoms with van der Waals surface area (Å²) in [6.45, 7) is 9.75. The lowest BCUT2D eigenvalue weighted by atomic mass is 9.94.